The average Bonchev–Trinajstić information content (AvgIpc) is 2.76. The first-order chi connectivity index (χ1) is 8.56. The Morgan fingerprint density at radius 2 is 1.95 bits per heavy atom. The maximum absolute atomic E-state index is 11.5. The van der Waals surface area contributed by atoms with Gasteiger partial charge in [-0.3, -0.25) is 14.2 Å². The lowest BCUT2D eigenvalue weighted by Crippen LogP contribution is -2.22. The van der Waals surface area contributed by atoms with Gasteiger partial charge in [-0.1, -0.05) is 18.2 Å². The largest absolute Gasteiger partial charge is 0.468 e. The molecule has 1 aromatic heterocycles. The van der Waals surface area contributed by atoms with E-state index in [2.05, 4.69) is 4.74 Å². The maximum atomic E-state index is 11.5. The van der Waals surface area contributed by atoms with Crippen molar-refractivity contribution in [1.82, 2.24) is 4.57 Å². The summed E-state index contributed by atoms with van der Waals surface area (Å²) in [6.45, 7) is 1.46. The highest BCUT2D eigenvalue weighted by Crippen LogP contribution is 2.26. The van der Waals surface area contributed by atoms with E-state index in [1.807, 2.05) is 24.3 Å². The van der Waals surface area contributed by atoms with Crippen LogP contribution in [0.25, 0.3) is 10.9 Å². The minimum Gasteiger partial charge on any atom is -0.468 e. The van der Waals surface area contributed by atoms with Crippen LogP contribution in [0, 0.1) is 0 Å². The molecular weight excluding hydrogens is 268 g/mol. The molecule has 0 aliphatic carbocycles. The highest BCUT2D eigenvalue weighted by Gasteiger charge is 2.22. The van der Waals surface area contributed by atoms with E-state index in [9.17, 15) is 9.59 Å². The summed E-state index contributed by atoms with van der Waals surface area (Å²) >= 11 is 0. The van der Waals surface area contributed by atoms with E-state index in [-0.39, 0.29) is 18.3 Å². The molecule has 0 unspecified atom stereocenters. The van der Waals surface area contributed by atoms with Gasteiger partial charge in [0, 0.05) is 24.1 Å². The molecule has 102 valence electrons. The molecule has 0 aliphatic heterocycles. The fourth-order valence-corrected chi connectivity index (χ4v) is 1.97. The van der Waals surface area contributed by atoms with Crippen molar-refractivity contribution in [2.45, 2.75) is 13.0 Å². The van der Waals surface area contributed by atoms with Crippen LogP contribution in [-0.2, 0) is 9.53 Å². The summed E-state index contributed by atoms with van der Waals surface area (Å²) < 4.78 is 6.11. The number of aromatic nitrogens is 1. The third-order valence-corrected chi connectivity index (χ3v) is 2.87. The van der Waals surface area contributed by atoms with Crippen molar-refractivity contribution in [2.24, 2.45) is 5.73 Å². The molecule has 0 spiro atoms. The molecule has 5 nitrogen and oxygen atoms in total. The molecule has 0 saturated heterocycles. The minimum absolute atomic E-state index is 0. The zero-order valence-electron chi connectivity index (χ0n) is 10.6. The van der Waals surface area contributed by atoms with Crippen LogP contribution in [0.15, 0.2) is 30.5 Å². The summed E-state index contributed by atoms with van der Waals surface area (Å²) in [5.41, 5.74) is 7.16. The number of carbonyl (C=O) groups excluding carboxylic acids is 2. The number of halogens is 1. The van der Waals surface area contributed by atoms with E-state index in [0.29, 0.717) is 5.56 Å². The fraction of sp³-hybridized carbons (Fsp3) is 0.231. The molecule has 0 saturated carbocycles. The van der Waals surface area contributed by atoms with Crippen LogP contribution in [0.2, 0.25) is 0 Å². The van der Waals surface area contributed by atoms with E-state index in [4.69, 9.17) is 5.73 Å². The molecule has 0 fully saturated rings. The summed E-state index contributed by atoms with van der Waals surface area (Å²) in [6.07, 6.45) is 1.59. The fourth-order valence-electron chi connectivity index (χ4n) is 1.97. The van der Waals surface area contributed by atoms with E-state index >= 15 is 0 Å². The van der Waals surface area contributed by atoms with E-state index in [0.717, 1.165) is 10.9 Å². The van der Waals surface area contributed by atoms with E-state index in [1.165, 1.54) is 18.6 Å². The second-order valence-electron chi connectivity index (χ2n) is 3.99. The molecule has 1 atom stereocenters. The van der Waals surface area contributed by atoms with Gasteiger partial charge in [-0.2, -0.15) is 0 Å². The number of ether oxygens (including phenoxy) is 1. The van der Waals surface area contributed by atoms with Crippen molar-refractivity contribution in [3.05, 3.63) is 36.0 Å². The Morgan fingerprint density at radius 1 is 1.32 bits per heavy atom. The predicted molar refractivity (Wildman–Crippen MR) is 74.4 cm³/mol. The summed E-state index contributed by atoms with van der Waals surface area (Å²) in [5.74, 6) is -0.657. The van der Waals surface area contributed by atoms with Gasteiger partial charge in [0.2, 0.25) is 5.91 Å². The monoisotopic (exact) mass is 282 g/mol. The lowest BCUT2D eigenvalue weighted by molar-refractivity contribution is -0.142. The van der Waals surface area contributed by atoms with Gasteiger partial charge >= 0.3 is 5.97 Å². The number of carbonyl (C=O) groups is 2. The minimum atomic E-state index is -0.888. The second kappa shape index (κ2) is 5.86. The van der Waals surface area contributed by atoms with Crippen molar-refractivity contribution >= 4 is 35.2 Å². The Hall–Kier alpha value is -1.85. The number of esters is 1. The third kappa shape index (κ3) is 2.62. The highest BCUT2D eigenvalue weighted by molar-refractivity contribution is 5.96. The zero-order valence-corrected chi connectivity index (χ0v) is 11.4. The van der Waals surface area contributed by atoms with Crippen molar-refractivity contribution in [1.29, 1.82) is 0 Å². The van der Waals surface area contributed by atoms with E-state index < -0.39 is 12.0 Å². The molecule has 19 heavy (non-hydrogen) atoms. The van der Waals surface area contributed by atoms with Crippen LogP contribution in [0.3, 0.4) is 0 Å². The Bertz CT molecular complexity index is 621. The van der Waals surface area contributed by atoms with Gasteiger partial charge in [-0.15, -0.1) is 12.4 Å². The number of nitrogens with zero attached hydrogens (tertiary/aromatic N) is 1. The predicted octanol–water partition coefficient (Wildman–Crippen LogP) is 1.90. The number of benzene rings is 1. The summed E-state index contributed by atoms with van der Waals surface area (Å²) in [4.78, 5) is 23.0. The Morgan fingerprint density at radius 3 is 2.53 bits per heavy atom. The molecule has 0 aliphatic rings. The van der Waals surface area contributed by atoms with Gasteiger partial charge in [0.25, 0.3) is 0 Å². The molecule has 2 N–H and O–H groups in total. The summed E-state index contributed by atoms with van der Waals surface area (Å²) in [6, 6.07) is 6.41. The van der Waals surface area contributed by atoms with E-state index in [1.54, 1.807) is 6.20 Å². The molecule has 0 amide bonds. The number of hydrogen-bond acceptors (Lipinski definition) is 4. The maximum Gasteiger partial charge on any atom is 0.327 e. The quantitative estimate of drug-likeness (QED) is 0.854. The van der Waals surface area contributed by atoms with Crippen LogP contribution in [-0.4, -0.2) is 23.6 Å². The zero-order chi connectivity index (χ0) is 13.3. The van der Waals surface area contributed by atoms with Gasteiger partial charge in [-0.25, -0.2) is 0 Å². The number of methoxy groups -OCH3 is 1. The van der Waals surface area contributed by atoms with Gasteiger partial charge in [-0.05, 0) is 6.07 Å². The topological polar surface area (TPSA) is 74.3 Å². The first-order valence-corrected chi connectivity index (χ1v) is 5.50. The normalized spacial score (nSPS) is 11.7. The van der Waals surface area contributed by atoms with Gasteiger partial charge < -0.3 is 10.5 Å². The Labute approximate surface area is 116 Å². The smallest absolute Gasteiger partial charge is 0.327 e. The number of hydrogen-bond donors (Lipinski definition) is 1. The van der Waals surface area contributed by atoms with Crippen LogP contribution >= 0.6 is 12.4 Å². The van der Waals surface area contributed by atoms with Crippen molar-refractivity contribution in [2.75, 3.05) is 7.11 Å². The van der Waals surface area contributed by atoms with Crippen molar-refractivity contribution in [3.8, 4) is 0 Å². The molecule has 0 bridgehead atoms. The molecule has 2 aromatic rings. The summed E-state index contributed by atoms with van der Waals surface area (Å²) in [5, 5.41) is 0.783. The molecule has 0 radical (unpaired) electrons. The third-order valence-electron chi connectivity index (χ3n) is 2.87. The first-order valence-electron chi connectivity index (χ1n) is 5.50. The number of rotatable bonds is 2. The molecular formula is C13H15ClN2O3. The lowest BCUT2D eigenvalue weighted by Gasteiger charge is -2.07. The number of fused-ring (bicyclic) bond motifs is 1. The average molecular weight is 283 g/mol. The van der Waals surface area contributed by atoms with Gasteiger partial charge in [0.15, 0.2) is 0 Å². The lowest BCUT2D eigenvalue weighted by atomic mass is 10.1. The molecule has 1 aromatic carbocycles. The first kappa shape index (κ1) is 15.2. The Kier molecular flexibility index (Phi) is 4.69. The van der Waals surface area contributed by atoms with Crippen molar-refractivity contribution < 1.29 is 14.3 Å². The van der Waals surface area contributed by atoms with Gasteiger partial charge in [0.05, 0.1) is 12.6 Å². The second-order valence-corrected chi connectivity index (χ2v) is 3.99. The number of para-hydroxylation sites is 1. The molecule has 6 heteroatoms. The summed E-state index contributed by atoms with van der Waals surface area (Å²) in [7, 11) is 1.28. The standard InChI is InChI=1S/C13H14N2O3.ClH/c1-8(16)15-7-10(12(14)13(17)18-2)9-5-3-4-6-11(9)15;/h3-7,12H,14H2,1-2H3;1H/t12-;/m1./s1. The van der Waals surface area contributed by atoms with Crippen LogP contribution < -0.4 is 5.73 Å². The molecule has 1 heterocycles. The van der Waals surface area contributed by atoms with Crippen molar-refractivity contribution in [3.63, 3.8) is 0 Å². The number of nitrogens with two attached hydrogens (primary N) is 1. The van der Waals surface area contributed by atoms with Gasteiger partial charge in [0.1, 0.15) is 6.04 Å². The van der Waals surface area contributed by atoms with Crippen LogP contribution in [0.1, 0.15) is 23.3 Å². The SMILES string of the molecule is COC(=O)[C@H](N)c1cn(C(C)=O)c2ccccc12.Cl. The highest BCUT2D eigenvalue weighted by atomic mass is 35.5. The van der Waals surface area contributed by atoms with Crippen LogP contribution in [0.4, 0.5) is 0 Å². The molecule has 2 rings (SSSR count). The van der Waals surface area contributed by atoms with Crippen LogP contribution in [0.5, 0.6) is 0 Å². The Balaban J connectivity index is 0.00000180.